The molecule has 2 rings (SSSR count). The van der Waals surface area contributed by atoms with Gasteiger partial charge < -0.3 is 10.6 Å². The van der Waals surface area contributed by atoms with Crippen LogP contribution in [-0.2, 0) is 11.2 Å². The van der Waals surface area contributed by atoms with E-state index in [1.165, 1.54) is 12.0 Å². The van der Waals surface area contributed by atoms with Gasteiger partial charge in [0.15, 0.2) is 0 Å². The lowest BCUT2D eigenvalue weighted by Gasteiger charge is -2.31. The zero-order valence-corrected chi connectivity index (χ0v) is 13.7. The number of aryl methyl sites for hydroxylation is 1. The molecule has 0 spiro atoms. The fourth-order valence-electron chi connectivity index (χ4n) is 2.66. The summed E-state index contributed by atoms with van der Waals surface area (Å²) in [5.41, 5.74) is 2.17. The molecule has 1 amide bonds. The second-order valence-electron chi connectivity index (χ2n) is 5.46. The lowest BCUT2D eigenvalue weighted by molar-refractivity contribution is -0.117. The minimum atomic E-state index is 0. The number of piperidine rings is 1. The Morgan fingerprint density at radius 1 is 1.33 bits per heavy atom. The van der Waals surface area contributed by atoms with Crippen molar-refractivity contribution in [1.29, 1.82) is 0 Å². The average Bonchev–Trinajstić information content (AvgIpc) is 2.48. The number of hydrogen-bond acceptors (Lipinski definition) is 3. The SMILES string of the molecule is CCc1ccc(NC(=O)CN2CCCC(NC)C2)cc1.Cl. The highest BCUT2D eigenvalue weighted by molar-refractivity contribution is 5.92. The first-order chi connectivity index (χ1) is 9.71. The van der Waals surface area contributed by atoms with Gasteiger partial charge in [0.05, 0.1) is 6.54 Å². The number of carbonyl (C=O) groups is 1. The number of hydrogen-bond donors (Lipinski definition) is 2. The van der Waals surface area contributed by atoms with Gasteiger partial charge in [-0.1, -0.05) is 19.1 Å². The van der Waals surface area contributed by atoms with Gasteiger partial charge in [0, 0.05) is 18.3 Å². The Morgan fingerprint density at radius 3 is 2.67 bits per heavy atom. The number of anilines is 1. The zero-order chi connectivity index (χ0) is 14.4. The summed E-state index contributed by atoms with van der Waals surface area (Å²) >= 11 is 0. The number of likely N-dealkylation sites (N-methyl/N-ethyl adjacent to an activating group) is 1. The average molecular weight is 312 g/mol. The van der Waals surface area contributed by atoms with E-state index in [1.807, 2.05) is 19.2 Å². The molecule has 0 aliphatic carbocycles. The predicted octanol–water partition coefficient (Wildman–Crippen LogP) is 2.29. The molecule has 1 aliphatic heterocycles. The summed E-state index contributed by atoms with van der Waals surface area (Å²) in [4.78, 5) is 14.3. The van der Waals surface area contributed by atoms with Crippen molar-refractivity contribution in [2.45, 2.75) is 32.2 Å². The summed E-state index contributed by atoms with van der Waals surface area (Å²) < 4.78 is 0. The van der Waals surface area contributed by atoms with Gasteiger partial charge in [-0.3, -0.25) is 9.69 Å². The van der Waals surface area contributed by atoms with Crippen molar-refractivity contribution >= 4 is 24.0 Å². The molecule has 0 aromatic heterocycles. The summed E-state index contributed by atoms with van der Waals surface area (Å²) in [5, 5.41) is 6.27. The van der Waals surface area contributed by atoms with Crippen LogP contribution in [0.3, 0.4) is 0 Å². The Kier molecular flexibility index (Phi) is 7.72. The minimum absolute atomic E-state index is 0. The molecule has 5 heteroatoms. The van der Waals surface area contributed by atoms with Gasteiger partial charge >= 0.3 is 0 Å². The van der Waals surface area contributed by atoms with Crippen molar-refractivity contribution in [2.75, 3.05) is 32.0 Å². The van der Waals surface area contributed by atoms with Crippen LogP contribution in [0.5, 0.6) is 0 Å². The smallest absolute Gasteiger partial charge is 0.238 e. The molecule has 1 aromatic rings. The number of halogens is 1. The van der Waals surface area contributed by atoms with Gasteiger partial charge in [0.1, 0.15) is 0 Å². The van der Waals surface area contributed by atoms with Gasteiger partial charge in [-0.05, 0) is 50.6 Å². The van der Waals surface area contributed by atoms with E-state index in [0.717, 1.165) is 31.6 Å². The lowest BCUT2D eigenvalue weighted by Crippen LogP contribution is -2.46. The summed E-state index contributed by atoms with van der Waals surface area (Å²) in [7, 11) is 1.99. The van der Waals surface area contributed by atoms with E-state index in [-0.39, 0.29) is 18.3 Å². The topological polar surface area (TPSA) is 44.4 Å². The maximum atomic E-state index is 12.1. The van der Waals surface area contributed by atoms with Crippen LogP contribution in [0.15, 0.2) is 24.3 Å². The van der Waals surface area contributed by atoms with E-state index in [1.54, 1.807) is 0 Å². The van der Waals surface area contributed by atoms with E-state index >= 15 is 0 Å². The lowest BCUT2D eigenvalue weighted by atomic mass is 10.1. The molecule has 1 saturated heterocycles. The van der Waals surface area contributed by atoms with E-state index in [9.17, 15) is 4.79 Å². The molecule has 1 unspecified atom stereocenters. The van der Waals surface area contributed by atoms with Gasteiger partial charge in [-0.25, -0.2) is 0 Å². The highest BCUT2D eigenvalue weighted by atomic mass is 35.5. The van der Waals surface area contributed by atoms with E-state index < -0.39 is 0 Å². The van der Waals surface area contributed by atoms with Crippen molar-refractivity contribution in [3.63, 3.8) is 0 Å². The minimum Gasteiger partial charge on any atom is -0.325 e. The van der Waals surface area contributed by atoms with Crippen LogP contribution in [0.2, 0.25) is 0 Å². The Balaban J connectivity index is 0.00000220. The maximum Gasteiger partial charge on any atom is 0.238 e. The number of amides is 1. The molecule has 1 aliphatic rings. The zero-order valence-electron chi connectivity index (χ0n) is 12.9. The fraction of sp³-hybridized carbons (Fsp3) is 0.562. The summed E-state index contributed by atoms with van der Waals surface area (Å²) in [6.45, 7) is 4.58. The molecule has 21 heavy (non-hydrogen) atoms. The van der Waals surface area contributed by atoms with E-state index in [2.05, 4.69) is 34.6 Å². The molecule has 0 radical (unpaired) electrons. The molecule has 0 saturated carbocycles. The molecule has 1 atom stereocenters. The summed E-state index contributed by atoms with van der Waals surface area (Å²) in [5.74, 6) is 0.0750. The highest BCUT2D eigenvalue weighted by Crippen LogP contribution is 2.12. The van der Waals surface area contributed by atoms with Gasteiger partial charge in [0.25, 0.3) is 0 Å². The third-order valence-corrected chi connectivity index (χ3v) is 3.93. The number of benzene rings is 1. The molecular formula is C16H26ClN3O. The largest absolute Gasteiger partial charge is 0.325 e. The van der Waals surface area contributed by atoms with Crippen molar-refractivity contribution < 1.29 is 4.79 Å². The summed E-state index contributed by atoms with van der Waals surface area (Å²) in [6, 6.07) is 8.59. The number of likely N-dealkylation sites (tertiary alicyclic amines) is 1. The van der Waals surface area contributed by atoms with Gasteiger partial charge in [0.2, 0.25) is 5.91 Å². The first-order valence-electron chi connectivity index (χ1n) is 7.49. The van der Waals surface area contributed by atoms with Crippen LogP contribution < -0.4 is 10.6 Å². The van der Waals surface area contributed by atoms with Crippen molar-refractivity contribution in [1.82, 2.24) is 10.2 Å². The Labute approximate surface area is 133 Å². The quantitative estimate of drug-likeness (QED) is 0.877. The first kappa shape index (κ1) is 18.0. The third kappa shape index (κ3) is 5.65. The molecule has 4 nitrogen and oxygen atoms in total. The standard InChI is InChI=1S/C16H25N3O.ClH/c1-3-13-6-8-14(9-7-13)18-16(20)12-19-10-4-5-15(11-19)17-2;/h6-9,15,17H,3-5,10-12H2,1-2H3,(H,18,20);1H. The van der Waals surface area contributed by atoms with E-state index in [4.69, 9.17) is 0 Å². The first-order valence-corrected chi connectivity index (χ1v) is 7.49. The maximum absolute atomic E-state index is 12.1. The van der Waals surface area contributed by atoms with Crippen molar-refractivity contribution in [3.05, 3.63) is 29.8 Å². The predicted molar refractivity (Wildman–Crippen MR) is 90.2 cm³/mol. The number of carbonyl (C=O) groups excluding carboxylic acids is 1. The molecule has 1 aromatic carbocycles. The van der Waals surface area contributed by atoms with Crippen LogP contribution in [-0.4, -0.2) is 43.5 Å². The van der Waals surface area contributed by atoms with Gasteiger partial charge in [-0.2, -0.15) is 0 Å². The van der Waals surface area contributed by atoms with Crippen molar-refractivity contribution in [3.8, 4) is 0 Å². The van der Waals surface area contributed by atoms with Gasteiger partial charge in [-0.15, -0.1) is 12.4 Å². The molecule has 1 heterocycles. The number of rotatable bonds is 5. The molecule has 118 valence electrons. The van der Waals surface area contributed by atoms with Crippen LogP contribution in [0.1, 0.15) is 25.3 Å². The van der Waals surface area contributed by atoms with Crippen LogP contribution >= 0.6 is 12.4 Å². The molecule has 0 bridgehead atoms. The fourth-order valence-corrected chi connectivity index (χ4v) is 2.66. The normalized spacial score (nSPS) is 18.9. The third-order valence-electron chi connectivity index (χ3n) is 3.93. The second-order valence-corrected chi connectivity index (χ2v) is 5.46. The monoisotopic (exact) mass is 311 g/mol. The highest BCUT2D eigenvalue weighted by Gasteiger charge is 2.20. The second kappa shape index (κ2) is 9.03. The molecular weight excluding hydrogens is 286 g/mol. The molecule has 2 N–H and O–H groups in total. The van der Waals surface area contributed by atoms with Crippen LogP contribution in [0, 0.1) is 0 Å². The van der Waals surface area contributed by atoms with Crippen LogP contribution in [0.4, 0.5) is 5.69 Å². The number of nitrogens with one attached hydrogen (secondary N) is 2. The van der Waals surface area contributed by atoms with Crippen LogP contribution in [0.25, 0.3) is 0 Å². The Hall–Kier alpha value is -1.10. The van der Waals surface area contributed by atoms with Crippen molar-refractivity contribution in [2.24, 2.45) is 0 Å². The molecule has 1 fully saturated rings. The Bertz CT molecular complexity index is 436. The Morgan fingerprint density at radius 2 is 2.05 bits per heavy atom. The number of nitrogens with zero attached hydrogens (tertiary/aromatic N) is 1. The van der Waals surface area contributed by atoms with E-state index in [0.29, 0.717) is 12.6 Å². The summed E-state index contributed by atoms with van der Waals surface area (Å²) in [6.07, 6.45) is 3.38.